The van der Waals surface area contributed by atoms with E-state index in [-0.39, 0.29) is 6.61 Å². The van der Waals surface area contributed by atoms with Gasteiger partial charge < -0.3 is 19.7 Å². The Balaban J connectivity index is 1.74. The van der Waals surface area contributed by atoms with Crippen LogP contribution in [-0.4, -0.2) is 17.3 Å². The molecule has 0 spiro atoms. The zero-order chi connectivity index (χ0) is 15.4. The molecule has 112 valence electrons. The van der Waals surface area contributed by atoms with Crippen molar-refractivity contribution < 1.29 is 14.0 Å². The predicted molar refractivity (Wildman–Crippen MR) is 81.5 cm³/mol. The topological polar surface area (TPSA) is 83.4 Å². The quantitative estimate of drug-likeness (QED) is 0.729. The molecule has 3 aromatic rings. The molecule has 0 atom stereocenters. The maximum Gasteiger partial charge on any atom is 0.264 e. The van der Waals surface area contributed by atoms with Gasteiger partial charge in [-0.2, -0.15) is 4.98 Å². The van der Waals surface area contributed by atoms with E-state index in [1.165, 1.54) is 0 Å². The zero-order valence-corrected chi connectivity index (χ0v) is 12.0. The molecule has 0 aliphatic heterocycles. The van der Waals surface area contributed by atoms with Gasteiger partial charge in [0.15, 0.2) is 6.61 Å². The number of para-hydroxylation sites is 1. The van der Waals surface area contributed by atoms with E-state index < -0.39 is 0 Å². The smallest absolute Gasteiger partial charge is 0.264 e. The van der Waals surface area contributed by atoms with Gasteiger partial charge in [0.05, 0.1) is 12.7 Å². The maximum atomic E-state index is 5.69. The summed E-state index contributed by atoms with van der Waals surface area (Å²) in [4.78, 5) is 4.31. The van der Waals surface area contributed by atoms with Crippen molar-refractivity contribution in [1.82, 2.24) is 10.1 Å². The van der Waals surface area contributed by atoms with Crippen LogP contribution in [0.1, 0.15) is 5.89 Å². The molecule has 2 N–H and O–H groups in total. The number of benzene rings is 2. The molecule has 2 aromatic carbocycles. The molecule has 0 fully saturated rings. The SMILES string of the molecule is COc1ccccc1-c1noc(COc2cccc(N)c2)n1. The summed E-state index contributed by atoms with van der Waals surface area (Å²) in [6.45, 7) is 0.172. The summed E-state index contributed by atoms with van der Waals surface area (Å²) in [5, 5.41) is 3.95. The molecule has 3 rings (SSSR count). The van der Waals surface area contributed by atoms with Crippen LogP contribution in [-0.2, 0) is 6.61 Å². The zero-order valence-electron chi connectivity index (χ0n) is 12.0. The molecule has 0 aliphatic rings. The van der Waals surface area contributed by atoms with E-state index in [0.717, 1.165) is 5.56 Å². The van der Waals surface area contributed by atoms with Gasteiger partial charge in [-0.3, -0.25) is 0 Å². The number of aromatic nitrogens is 2. The van der Waals surface area contributed by atoms with Crippen LogP contribution in [0, 0.1) is 0 Å². The monoisotopic (exact) mass is 297 g/mol. The van der Waals surface area contributed by atoms with E-state index in [0.29, 0.717) is 28.9 Å². The maximum absolute atomic E-state index is 5.69. The number of hydrogen-bond acceptors (Lipinski definition) is 6. The second-order valence-electron chi connectivity index (χ2n) is 4.57. The van der Waals surface area contributed by atoms with Gasteiger partial charge in [-0.15, -0.1) is 0 Å². The summed E-state index contributed by atoms with van der Waals surface area (Å²) in [6, 6.07) is 14.6. The summed E-state index contributed by atoms with van der Waals surface area (Å²) >= 11 is 0. The molecule has 0 amide bonds. The summed E-state index contributed by atoms with van der Waals surface area (Å²) < 4.78 is 16.1. The number of nitrogens with zero attached hydrogens (tertiary/aromatic N) is 2. The Hall–Kier alpha value is -3.02. The summed E-state index contributed by atoms with van der Waals surface area (Å²) in [7, 11) is 1.60. The Labute approximate surface area is 127 Å². The lowest BCUT2D eigenvalue weighted by molar-refractivity contribution is 0.243. The fourth-order valence-corrected chi connectivity index (χ4v) is 2.00. The van der Waals surface area contributed by atoms with Crippen LogP contribution >= 0.6 is 0 Å². The Morgan fingerprint density at radius 2 is 2.00 bits per heavy atom. The fraction of sp³-hybridized carbons (Fsp3) is 0.125. The van der Waals surface area contributed by atoms with Crippen LogP contribution in [0.3, 0.4) is 0 Å². The lowest BCUT2D eigenvalue weighted by Crippen LogP contribution is -1.96. The number of anilines is 1. The predicted octanol–water partition coefficient (Wildman–Crippen LogP) is 2.91. The molecule has 6 heteroatoms. The third-order valence-electron chi connectivity index (χ3n) is 3.04. The van der Waals surface area contributed by atoms with Crippen LogP contribution in [0.5, 0.6) is 11.5 Å². The largest absolute Gasteiger partial charge is 0.496 e. The van der Waals surface area contributed by atoms with E-state index in [1.807, 2.05) is 36.4 Å². The van der Waals surface area contributed by atoms with Crippen molar-refractivity contribution >= 4 is 5.69 Å². The van der Waals surface area contributed by atoms with Crippen molar-refractivity contribution in [2.45, 2.75) is 6.61 Å². The van der Waals surface area contributed by atoms with Crippen LogP contribution in [0.2, 0.25) is 0 Å². The number of hydrogen-bond donors (Lipinski definition) is 1. The minimum atomic E-state index is 0.172. The summed E-state index contributed by atoms with van der Waals surface area (Å²) in [5.41, 5.74) is 7.10. The molecule has 22 heavy (non-hydrogen) atoms. The number of nitrogens with two attached hydrogens (primary N) is 1. The lowest BCUT2D eigenvalue weighted by Gasteiger charge is -2.03. The van der Waals surface area contributed by atoms with E-state index in [9.17, 15) is 0 Å². The van der Waals surface area contributed by atoms with Gasteiger partial charge in [-0.25, -0.2) is 0 Å². The van der Waals surface area contributed by atoms with Crippen LogP contribution in [0.15, 0.2) is 53.1 Å². The highest BCUT2D eigenvalue weighted by molar-refractivity contribution is 5.63. The molecule has 1 aromatic heterocycles. The average Bonchev–Trinajstić information content (AvgIpc) is 3.02. The van der Waals surface area contributed by atoms with Crippen molar-refractivity contribution in [2.24, 2.45) is 0 Å². The van der Waals surface area contributed by atoms with E-state index in [1.54, 1.807) is 19.2 Å². The van der Waals surface area contributed by atoms with Crippen LogP contribution < -0.4 is 15.2 Å². The first-order chi connectivity index (χ1) is 10.8. The second kappa shape index (κ2) is 6.17. The van der Waals surface area contributed by atoms with Crippen LogP contribution in [0.4, 0.5) is 5.69 Å². The van der Waals surface area contributed by atoms with E-state index in [4.69, 9.17) is 19.7 Å². The van der Waals surface area contributed by atoms with Crippen molar-refractivity contribution in [3.8, 4) is 22.9 Å². The Morgan fingerprint density at radius 1 is 1.14 bits per heavy atom. The van der Waals surface area contributed by atoms with Gasteiger partial charge in [0.1, 0.15) is 11.5 Å². The number of ether oxygens (including phenoxy) is 2. The highest BCUT2D eigenvalue weighted by Gasteiger charge is 2.13. The Morgan fingerprint density at radius 3 is 2.82 bits per heavy atom. The third-order valence-corrected chi connectivity index (χ3v) is 3.04. The molecule has 0 saturated carbocycles. The normalized spacial score (nSPS) is 10.4. The number of methoxy groups -OCH3 is 1. The molecule has 0 aliphatic carbocycles. The minimum Gasteiger partial charge on any atom is -0.496 e. The Kier molecular flexibility index (Phi) is 3.91. The lowest BCUT2D eigenvalue weighted by atomic mass is 10.2. The molecule has 6 nitrogen and oxygen atoms in total. The molecule has 0 saturated heterocycles. The van der Waals surface area contributed by atoms with E-state index >= 15 is 0 Å². The van der Waals surface area contributed by atoms with Gasteiger partial charge in [0, 0.05) is 11.8 Å². The first-order valence-corrected chi connectivity index (χ1v) is 6.70. The highest BCUT2D eigenvalue weighted by atomic mass is 16.5. The molecular weight excluding hydrogens is 282 g/mol. The average molecular weight is 297 g/mol. The molecule has 1 heterocycles. The summed E-state index contributed by atoms with van der Waals surface area (Å²) in [6.07, 6.45) is 0. The van der Waals surface area contributed by atoms with Crippen molar-refractivity contribution in [3.63, 3.8) is 0 Å². The number of rotatable bonds is 5. The Bertz CT molecular complexity index is 771. The van der Waals surface area contributed by atoms with Gasteiger partial charge in [0.25, 0.3) is 5.89 Å². The fourth-order valence-electron chi connectivity index (χ4n) is 2.00. The minimum absolute atomic E-state index is 0.172. The second-order valence-corrected chi connectivity index (χ2v) is 4.57. The third kappa shape index (κ3) is 3.01. The van der Waals surface area contributed by atoms with E-state index in [2.05, 4.69) is 10.1 Å². The number of nitrogen functional groups attached to an aromatic ring is 1. The first kappa shape index (κ1) is 13.9. The standard InChI is InChI=1S/C16H15N3O3/c1-20-14-8-3-2-7-13(14)16-18-15(22-19-16)10-21-12-6-4-5-11(17)9-12/h2-9H,10,17H2,1H3. The summed E-state index contributed by atoms with van der Waals surface area (Å²) in [5.74, 6) is 2.18. The first-order valence-electron chi connectivity index (χ1n) is 6.70. The van der Waals surface area contributed by atoms with Gasteiger partial charge in [-0.1, -0.05) is 23.4 Å². The van der Waals surface area contributed by atoms with Gasteiger partial charge in [0.2, 0.25) is 5.82 Å². The van der Waals surface area contributed by atoms with Crippen molar-refractivity contribution in [3.05, 3.63) is 54.4 Å². The highest BCUT2D eigenvalue weighted by Crippen LogP contribution is 2.27. The van der Waals surface area contributed by atoms with Crippen molar-refractivity contribution in [2.75, 3.05) is 12.8 Å². The van der Waals surface area contributed by atoms with Crippen molar-refractivity contribution in [1.29, 1.82) is 0 Å². The molecular formula is C16H15N3O3. The van der Waals surface area contributed by atoms with Gasteiger partial charge in [-0.05, 0) is 24.3 Å². The molecule has 0 unspecified atom stereocenters. The molecule has 0 bridgehead atoms. The molecule has 0 radical (unpaired) electrons. The van der Waals surface area contributed by atoms with Gasteiger partial charge >= 0.3 is 0 Å². The van der Waals surface area contributed by atoms with Crippen LogP contribution in [0.25, 0.3) is 11.4 Å².